The number of aliphatic hydroxyl groups excluding tert-OH is 1. The molecule has 0 amide bonds. The second-order valence-corrected chi connectivity index (χ2v) is 6.91. The van der Waals surface area contributed by atoms with Crippen molar-refractivity contribution < 1.29 is 17.9 Å². The van der Waals surface area contributed by atoms with Crippen molar-refractivity contribution in [3.05, 3.63) is 45.2 Å². The summed E-state index contributed by atoms with van der Waals surface area (Å²) in [6, 6.07) is 7.97. The third kappa shape index (κ3) is 3.38. The molecule has 0 spiro atoms. The maximum atomic E-state index is 12.1. The molecule has 0 aliphatic carbocycles. The number of anilines is 1. The van der Waals surface area contributed by atoms with Gasteiger partial charge in [0.05, 0.1) is 0 Å². The fourth-order valence-electron chi connectivity index (χ4n) is 1.39. The second kappa shape index (κ2) is 5.66. The summed E-state index contributed by atoms with van der Waals surface area (Å²) in [4.78, 5) is -0.0560. The molecule has 2 N–H and O–H groups in total. The summed E-state index contributed by atoms with van der Waals surface area (Å²) in [5.74, 6) is 0.169. The number of halogens is 2. The molecule has 0 atom stereocenters. The van der Waals surface area contributed by atoms with Gasteiger partial charge in [0.1, 0.15) is 17.3 Å². The molecule has 2 aromatic rings. The molecule has 1 aromatic heterocycles. The Morgan fingerprint density at radius 3 is 2.37 bits per heavy atom. The van der Waals surface area contributed by atoms with Gasteiger partial charge in [-0.3, -0.25) is 4.72 Å². The predicted molar refractivity (Wildman–Crippen MR) is 77.3 cm³/mol. The van der Waals surface area contributed by atoms with Crippen molar-refractivity contribution in [1.82, 2.24) is 0 Å². The lowest BCUT2D eigenvalue weighted by molar-refractivity contribution is 0.245. The third-order valence-electron chi connectivity index (χ3n) is 2.25. The van der Waals surface area contributed by atoms with Gasteiger partial charge in [-0.25, -0.2) is 8.42 Å². The van der Waals surface area contributed by atoms with Crippen LogP contribution in [0.1, 0.15) is 5.76 Å². The highest BCUT2D eigenvalue weighted by Crippen LogP contribution is 2.28. The summed E-state index contributed by atoms with van der Waals surface area (Å²) in [5, 5.41) is 8.93. The lowest BCUT2D eigenvalue weighted by atomic mass is 10.3. The molecule has 0 aliphatic heterocycles. The molecule has 2 rings (SSSR count). The first-order valence-corrected chi connectivity index (χ1v) is 8.17. The van der Waals surface area contributed by atoms with E-state index in [9.17, 15) is 8.42 Å². The Kier molecular flexibility index (Phi) is 4.34. The molecule has 1 heterocycles. The molecular weight excluding hydrogens is 402 g/mol. The van der Waals surface area contributed by atoms with Crippen molar-refractivity contribution in [1.29, 1.82) is 0 Å². The van der Waals surface area contributed by atoms with Crippen LogP contribution < -0.4 is 4.72 Å². The molecule has 0 bridgehead atoms. The van der Waals surface area contributed by atoms with E-state index in [-0.39, 0.29) is 21.9 Å². The van der Waals surface area contributed by atoms with Gasteiger partial charge in [-0.05, 0) is 40.2 Å². The van der Waals surface area contributed by atoms with Gasteiger partial charge in [-0.15, -0.1) is 0 Å². The SMILES string of the molecule is O=S(=O)(Nc1ccc(Br)cc1)c1cc(CO)oc1Br. The van der Waals surface area contributed by atoms with Crippen molar-refractivity contribution in [2.24, 2.45) is 0 Å². The van der Waals surface area contributed by atoms with Crippen LogP contribution in [0, 0.1) is 0 Å². The zero-order valence-corrected chi connectivity index (χ0v) is 13.4. The average molecular weight is 411 g/mol. The minimum Gasteiger partial charge on any atom is -0.450 e. The van der Waals surface area contributed by atoms with Crippen molar-refractivity contribution >= 4 is 47.6 Å². The van der Waals surface area contributed by atoms with Crippen molar-refractivity contribution in [3.63, 3.8) is 0 Å². The lowest BCUT2D eigenvalue weighted by Crippen LogP contribution is -2.12. The monoisotopic (exact) mass is 409 g/mol. The molecule has 0 saturated carbocycles. The van der Waals surface area contributed by atoms with E-state index in [0.29, 0.717) is 5.69 Å². The molecule has 5 nitrogen and oxygen atoms in total. The molecule has 1 aromatic carbocycles. The van der Waals surface area contributed by atoms with Crippen molar-refractivity contribution in [2.75, 3.05) is 4.72 Å². The van der Waals surface area contributed by atoms with E-state index >= 15 is 0 Å². The highest BCUT2D eigenvalue weighted by molar-refractivity contribution is 9.10. The normalized spacial score (nSPS) is 11.5. The number of sulfonamides is 1. The topological polar surface area (TPSA) is 79.5 Å². The molecule has 102 valence electrons. The van der Waals surface area contributed by atoms with Gasteiger partial charge in [0, 0.05) is 16.2 Å². The van der Waals surface area contributed by atoms with Gasteiger partial charge < -0.3 is 9.52 Å². The van der Waals surface area contributed by atoms with Gasteiger partial charge in [-0.2, -0.15) is 0 Å². The summed E-state index contributed by atoms with van der Waals surface area (Å²) in [7, 11) is -3.76. The highest BCUT2D eigenvalue weighted by Gasteiger charge is 2.22. The standard InChI is InChI=1S/C11H9Br2NO4S/c12-7-1-3-8(4-2-7)14-19(16,17)10-5-9(6-15)18-11(10)13/h1-5,14-15H,6H2. The molecule has 0 aliphatic rings. The summed E-state index contributed by atoms with van der Waals surface area (Å²) in [6.07, 6.45) is 0. The number of nitrogens with one attached hydrogen (secondary N) is 1. The first-order chi connectivity index (χ1) is 8.92. The fraction of sp³-hybridized carbons (Fsp3) is 0.0909. The average Bonchev–Trinajstić information content (AvgIpc) is 2.74. The Hall–Kier alpha value is -0.830. The first kappa shape index (κ1) is 14.6. The zero-order valence-electron chi connectivity index (χ0n) is 9.43. The minimum atomic E-state index is -3.76. The molecule has 0 saturated heterocycles. The molecule has 19 heavy (non-hydrogen) atoms. The Morgan fingerprint density at radius 2 is 1.84 bits per heavy atom. The van der Waals surface area contributed by atoms with Crippen LogP contribution in [0.25, 0.3) is 0 Å². The van der Waals surface area contributed by atoms with Crippen LogP contribution in [-0.4, -0.2) is 13.5 Å². The van der Waals surface area contributed by atoms with E-state index in [2.05, 4.69) is 36.6 Å². The smallest absolute Gasteiger partial charge is 0.266 e. The zero-order chi connectivity index (χ0) is 14.0. The molecular formula is C11H9Br2NO4S. The number of rotatable bonds is 4. The largest absolute Gasteiger partial charge is 0.450 e. The molecule has 8 heteroatoms. The van der Waals surface area contributed by atoms with Gasteiger partial charge in [-0.1, -0.05) is 15.9 Å². The number of furan rings is 1. The number of hydrogen-bond donors (Lipinski definition) is 2. The van der Waals surface area contributed by atoms with Crippen LogP contribution in [-0.2, 0) is 16.6 Å². The third-order valence-corrected chi connectivity index (χ3v) is 5.02. The molecule has 0 unspecified atom stereocenters. The summed E-state index contributed by atoms with van der Waals surface area (Å²) in [5.41, 5.74) is 0.432. The second-order valence-electron chi connectivity index (χ2n) is 3.62. The first-order valence-electron chi connectivity index (χ1n) is 5.10. The van der Waals surface area contributed by atoms with Crippen LogP contribution >= 0.6 is 31.9 Å². The predicted octanol–water partition coefficient (Wildman–Crippen LogP) is 3.10. The summed E-state index contributed by atoms with van der Waals surface area (Å²) >= 11 is 6.28. The van der Waals surface area contributed by atoms with E-state index in [1.165, 1.54) is 6.07 Å². The van der Waals surface area contributed by atoms with Crippen LogP contribution in [0.2, 0.25) is 0 Å². The minimum absolute atomic E-state index is 0.0560. The van der Waals surface area contributed by atoms with Crippen LogP contribution in [0.4, 0.5) is 5.69 Å². The number of benzene rings is 1. The van der Waals surface area contributed by atoms with Gasteiger partial charge in [0.15, 0.2) is 4.67 Å². The number of aliphatic hydroxyl groups is 1. The van der Waals surface area contributed by atoms with Crippen molar-refractivity contribution in [3.8, 4) is 0 Å². The quantitative estimate of drug-likeness (QED) is 0.811. The fourth-order valence-corrected chi connectivity index (χ4v) is 3.71. The number of hydrogen-bond acceptors (Lipinski definition) is 4. The van der Waals surface area contributed by atoms with Gasteiger partial charge in [0.2, 0.25) is 0 Å². The van der Waals surface area contributed by atoms with E-state index in [1.807, 2.05) is 0 Å². The van der Waals surface area contributed by atoms with Crippen LogP contribution in [0.15, 0.2) is 48.8 Å². The van der Waals surface area contributed by atoms with Gasteiger partial charge >= 0.3 is 0 Å². The van der Waals surface area contributed by atoms with E-state index in [0.717, 1.165) is 4.47 Å². The van der Waals surface area contributed by atoms with E-state index < -0.39 is 10.0 Å². The highest BCUT2D eigenvalue weighted by atomic mass is 79.9. The molecule has 0 fully saturated rings. The van der Waals surface area contributed by atoms with Crippen LogP contribution in [0.3, 0.4) is 0 Å². The summed E-state index contributed by atoms with van der Waals surface area (Å²) < 4.78 is 32.7. The van der Waals surface area contributed by atoms with E-state index in [4.69, 9.17) is 9.52 Å². The Morgan fingerprint density at radius 1 is 1.21 bits per heavy atom. The lowest BCUT2D eigenvalue weighted by Gasteiger charge is -2.06. The van der Waals surface area contributed by atoms with Crippen LogP contribution in [0.5, 0.6) is 0 Å². The Bertz CT molecular complexity index is 679. The van der Waals surface area contributed by atoms with E-state index in [1.54, 1.807) is 24.3 Å². The Balaban J connectivity index is 2.31. The molecule has 0 radical (unpaired) electrons. The maximum Gasteiger partial charge on any atom is 0.266 e. The Labute approximate surface area is 126 Å². The summed E-state index contributed by atoms with van der Waals surface area (Å²) in [6.45, 7) is -0.369. The van der Waals surface area contributed by atoms with Crippen molar-refractivity contribution in [2.45, 2.75) is 11.5 Å². The maximum absolute atomic E-state index is 12.1. The van der Waals surface area contributed by atoms with Gasteiger partial charge in [0.25, 0.3) is 10.0 Å².